The third-order valence-corrected chi connectivity index (χ3v) is 3.14. The van der Waals surface area contributed by atoms with E-state index in [-0.39, 0.29) is 0 Å². The van der Waals surface area contributed by atoms with Crippen molar-refractivity contribution in [3.8, 4) is 0 Å². The van der Waals surface area contributed by atoms with Crippen LogP contribution in [-0.2, 0) is 18.2 Å². The number of hydrogen-bond donors (Lipinski definition) is 1. The molecule has 4 nitrogen and oxygen atoms in total. The molecule has 1 rings (SSSR count). The van der Waals surface area contributed by atoms with Gasteiger partial charge in [0.2, 0.25) is 0 Å². The predicted molar refractivity (Wildman–Crippen MR) is 74.7 cm³/mol. The van der Waals surface area contributed by atoms with Crippen molar-refractivity contribution in [3.05, 3.63) is 18.2 Å². The third kappa shape index (κ3) is 5.65. The van der Waals surface area contributed by atoms with Crippen molar-refractivity contribution in [1.29, 1.82) is 0 Å². The van der Waals surface area contributed by atoms with E-state index < -0.39 is 0 Å². The molecule has 0 fully saturated rings. The Labute approximate surface area is 111 Å². The number of aromatic nitrogens is 2. The maximum atomic E-state index is 5.44. The molecule has 0 saturated carbocycles. The van der Waals surface area contributed by atoms with Crippen LogP contribution in [-0.4, -0.2) is 35.4 Å². The van der Waals surface area contributed by atoms with E-state index in [9.17, 15) is 0 Å². The van der Waals surface area contributed by atoms with Crippen LogP contribution >= 0.6 is 0 Å². The Morgan fingerprint density at radius 1 is 1.39 bits per heavy atom. The fourth-order valence-corrected chi connectivity index (χ4v) is 2.01. The largest absolute Gasteiger partial charge is 0.382 e. The summed E-state index contributed by atoms with van der Waals surface area (Å²) in [5.74, 6) is 1.16. The number of aryl methyl sites for hydroxylation is 2. The Hall–Kier alpha value is -0.870. The van der Waals surface area contributed by atoms with Gasteiger partial charge in [0.1, 0.15) is 5.82 Å². The molecule has 0 aliphatic heterocycles. The minimum Gasteiger partial charge on any atom is -0.382 e. The van der Waals surface area contributed by atoms with Gasteiger partial charge in [-0.1, -0.05) is 6.92 Å². The Bertz CT molecular complexity index is 312. The van der Waals surface area contributed by atoms with E-state index in [1.165, 1.54) is 6.42 Å². The predicted octanol–water partition coefficient (Wildman–Crippen LogP) is 2.15. The van der Waals surface area contributed by atoms with Crippen molar-refractivity contribution in [3.63, 3.8) is 0 Å². The highest BCUT2D eigenvalue weighted by atomic mass is 16.5. The molecule has 0 amide bonds. The molecule has 0 spiro atoms. The van der Waals surface area contributed by atoms with E-state index in [0.717, 1.165) is 44.8 Å². The lowest BCUT2D eigenvalue weighted by molar-refractivity contribution is 0.135. The second kappa shape index (κ2) is 9.11. The van der Waals surface area contributed by atoms with Gasteiger partial charge in [-0.05, 0) is 32.7 Å². The molecule has 1 N–H and O–H groups in total. The normalized spacial score (nSPS) is 12.8. The van der Waals surface area contributed by atoms with Gasteiger partial charge in [-0.25, -0.2) is 4.98 Å². The van der Waals surface area contributed by atoms with Gasteiger partial charge in [0.05, 0.1) is 0 Å². The summed E-state index contributed by atoms with van der Waals surface area (Å²) < 4.78 is 7.54. The van der Waals surface area contributed by atoms with Crippen LogP contribution in [0.1, 0.15) is 38.9 Å². The van der Waals surface area contributed by atoms with Crippen LogP contribution in [0.5, 0.6) is 0 Å². The molecular weight excluding hydrogens is 226 g/mol. The monoisotopic (exact) mass is 253 g/mol. The SMILES string of the molecule is CCCNC(CCOCC)CCc1nccn1C. The van der Waals surface area contributed by atoms with E-state index in [2.05, 4.69) is 28.8 Å². The third-order valence-electron chi connectivity index (χ3n) is 3.14. The molecule has 1 unspecified atom stereocenters. The van der Waals surface area contributed by atoms with Crippen molar-refractivity contribution >= 4 is 0 Å². The van der Waals surface area contributed by atoms with Gasteiger partial charge in [0.25, 0.3) is 0 Å². The maximum absolute atomic E-state index is 5.44. The molecule has 0 saturated heterocycles. The summed E-state index contributed by atoms with van der Waals surface area (Å²) in [5, 5.41) is 3.59. The Kier molecular flexibility index (Phi) is 7.69. The Morgan fingerprint density at radius 3 is 2.83 bits per heavy atom. The Morgan fingerprint density at radius 2 is 2.22 bits per heavy atom. The van der Waals surface area contributed by atoms with Gasteiger partial charge in [0, 0.05) is 45.1 Å². The fraction of sp³-hybridized carbons (Fsp3) is 0.786. The second-order valence-electron chi connectivity index (χ2n) is 4.63. The van der Waals surface area contributed by atoms with Gasteiger partial charge < -0.3 is 14.6 Å². The zero-order valence-corrected chi connectivity index (χ0v) is 12.0. The molecule has 1 heterocycles. The molecule has 1 aromatic heterocycles. The topological polar surface area (TPSA) is 39.1 Å². The van der Waals surface area contributed by atoms with Crippen molar-refractivity contribution in [2.45, 2.75) is 45.6 Å². The average Bonchev–Trinajstić information content (AvgIpc) is 2.78. The highest BCUT2D eigenvalue weighted by molar-refractivity contribution is 4.92. The van der Waals surface area contributed by atoms with Crippen LogP contribution in [0.3, 0.4) is 0 Å². The molecule has 0 bridgehead atoms. The summed E-state index contributed by atoms with van der Waals surface area (Å²) >= 11 is 0. The minimum atomic E-state index is 0.535. The number of nitrogens with one attached hydrogen (secondary N) is 1. The zero-order chi connectivity index (χ0) is 13.2. The van der Waals surface area contributed by atoms with Crippen LogP contribution in [0.15, 0.2) is 12.4 Å². The van der Waals surface area contributed by atoms with Gasteiger partial charge in [-0.15, -0.1) is 0 Å². The molecule has 1 atom stereocenters. The highest BCUT2D eigenvalue weighted by Crippen LogP contribution is 2.06. The number of ether oxygens (including phenoxy) is 1. The number of hydrogen-bond acceptors (Lipinski definition) is 3. The lowest BCUT2D eigenvalue weighted by Crippen LogP contribution is -2.31. The molecule has 4 heteroatoms. The van der Waals surface area contributed by atoms with E-state index in [4.69, 9.17) is 4.74 Å². The molecular formula is C14H27N3O. The summed E-state index contributed by atoms with van der Waals surface area (Å²) in [6, 6.07) is 0.535. The quantitative estimate of drug-likeness (QED) is 0.649. The standard InChI is InChI=1S/C14H27N3O/c1-4-9-15-13(8-12-18-5-2)6-7-14-16-10-11-17(14)3/h10-11,13,15H,4-9,12H2,1-3H3. The second-order valence-corrected chi connectivity index (χ2v) is 4.63. The van der Waals surface area contributed by atoms with Crippen molar-refractivity contribution < 1.29 is 4.74 Å². The lowest BCUT2D eigenvalue weighted by Gasteiger charge is -2.18. The molecule has 0 aromatic carbocycles. The van der Waals surface area contributed by atoms with Gasteiger partial charge in [0.15, 0.2) is 0 Å². The van der Waals surface area contributed by atoms with E-state index in [0.29, 0.717) is 6.04 Å². The smallest absolute Gasteiger partial charge is 0.108 e. The number of nitrogens with zero attached hydrogens (tertiary/aromatic N) is 2. The van der Waals surface area contributed by atoms with Crippen LogP contribution in [0.25, 0.3) is 0 Å². The van der Waals surface area contributed by atoms with E-state index in [1.54, 1.807) is 0 Å². The first kappa shape index (κ1) is 15.2. The molecule has 1 aromatic rings. The summed E-state index contributed by atoms with van der Waals surface area (Å²) in [6.07, 6.45) is 8.27. The van der Waals surface area contributed by atoms with Crippen LogP contribution < -0.4 is 5.32 Å². The van der Waals surface area contributed by atoms with E-state index in [1.807, 2.05) is 19.3 Å². The first-order chi connectivity index (χ1) is 8.77. The first-order valence-corrected chi connectivity index (χ1v) is 7.05. The first-order valence-electron chi connectivity index (χ1n) is 7.05. The average molecular weight is 253 g/mol. The van der Waals surface area contributed by atoms with Crippen LogP contribution in [0, 0.1) is 0 Å². The number of imidazole rings is 1. The highest BCUT2D eigenvalue weighted by Gasteiger charge is 2.09. The van der Waals surface area contributed by atoms with Gasteiger partial charge in [-0.2, -0.15) is 0 Å². The van der Waals surface area contributed by atoms with Gasteiger partial charge >= 0.3 is 0 Å². The summed E-state index contributed by atoms with van der Waals surface area (Å²) in [5.41, 5.74) is 0. The van der Waals surface area contributed by atoms with Crippen LogP contribution in [0.4, 0.5) is 0 Å². The van der Waals surface area contributed by atoms with Crippen molar-refractivity contribution in [2.75, 3.05) is 19.8 Å². The molecule has 0 aliphatic carbocycles. The molecule has 0 radical (unpaired) electrons. The van der Waals surface area contributed by atoms with Crippen molar-refractivity contribution in [1.82, 2.24) is 14.9 Å². The Balaban J connectivity index is 2.32. The minimum absolute atomic E-state index is 0.535. The molecule has 104 valence electrons. The van der Waals surface area contributed by atoms with Gasteiger partial charge in [-0.3, -0.25) is 0 Å². The summed E-state index contributed by atoms with van der Waals surface area (Å²) in [6.45, 7) is 6.98. The molecule has 18 heavy (non-hydrogen) atoms. The lowest BCUT2D eigenvalue weighted by atomic mass is 10.1. The zero-order valence-electron chi connectivity index (χ0n) is 12.0. The van der Waals surface area contributed by atoms with E-state index >= 15 is 0 Å². The van der Waals surface area contributed by atoms with Crippen LogP contribution in [0.2, 0.25) is 0 Å². The number of rotatable bonds is 10. The summed E-state index contributed by atoms with van der Waals surface area (Å²) in [4.78, 5) is 4.37. The van der Waals surface area contributed by atoms with Crippen molar-refractivity contribution in [2.24, 2.45) is 7.05 Å². The molecule has 0 aliphatic rings. The maximum Gasteiger partial charge on any atom is 0.108 e. The summed E-state index contributed by atoms with van der Waals surface area (Å²) in [7, 11) is 2.05. The fourth-order valence-electron chi connectivity index (χ4n) is 2.01.